The van der Waals surface area contributed by atoms with Crippen molar-refractivity contribution in [3.63, 3.8) is 0 Å². The molecule has 7 rings (SSSR count). The van der Waals surface area contributed by atoms with Gasteiger partial charge in [0, 0.05) is 23.7 Å². The molecule has 8 nitrogen and oxygen atoms in total. The maximum Gasteiger partial charge on any atom is 0.301 e. The Morgan fingerprint density at radius 2 is 1.60 bits per heavy atom. The van der Waals surface area contributed by atoms with Gasteiger partial charge in [-0.2, -0.15) is 0 Å². The van der Waals surface area contributed by atoms with E-state index in [1.807, 2.05) is 49.4 Å². The van der Waals surface area contributed by atoms with E-state index in [0.717, 1.165) is 22.1 Å². The zero-order chi connectivity index (χ0) is 32.3. The van der Waals surface area contributed by atoms with Crippen molar-refractivity contribution in [1.82, 2.24) is 15.2 Å². The lowest BCUT2D eigenvalue weighted by molar-refractivity contribution is -0.132. The van der Waals surface area contributed by atoms with Crippen LogP contribution in [0.1, 0.15) is 33.9 Å². The van der Waals surface area contributed by atoms with E-state index in [9.17, 15) is 14.7 Å². The molecule has 1 aliphatic heterocycles. The average molecular weight is 657 g/mol. The first-order valence-corrected chi connectivity index (χ1v) is 16.7. The molecule has 0 aliphatic carbocycles. The number of pyridine rings is 1. The van der Waals surface area contributed by atoms with Crippen LogP contribution in [0.2, 0.25) is 0 Å². The molecule has 0 bridgehead atoms. The van der Waals surface area contributed by atoms with Gasteiger partial charge in [0.15, 0.2) is 4.34 Å². The van der Waals surface area contributed by atoms with Crippen molar-refractivity contribution < 1.29 is 19.4 Å². The van der Waals surface area contributed by atoms with Crippen LogP contribution in [-0.4, -0.2) is 32.0 Å². The van der Waals surface area contributed by atoms with E-state index in [2.05, 4.69) is 39.4 Å². The van der Waals surface area contributed by atoms with Gasteiger partial charge in [-0.05, 0) is 76.3 Å². The SMILES string of the molecule is Cc1ccccc1COc1ccc(/C(O)=C2\C(=O)C(=O)N(c3nnc(SCc4cccc5ccccc45)s3)C2c2ccncc2)cc1. The highest BCUT2D eigenvalue weighted by Gasteiger charge is 2.48. The Morgan fingerprint density at radius 3 is 2.40 bits per heavy atom. The fourth-order valence-corrected chi connectivity index (χ4v) is 7.48. The number of fused-ring (bicyclic) bond motifs is 1. The third-order valence-corrected chi connectivity index (χ3v) is 10.2. The maximum absolute atomic E-state index is 13.6. The van der Waals surface area contributed by atoms with Gasteiger partial charge in [-0.25, -0.2) is 0 Å². The number of hydrogen-bond donors (Lipinski definition) is 1. The molecule has 47 heavy (non-hydrogen) atoms. The first kappa shape index (κ1) is 30.3. The van der Waals surface area contributed by atoms with Gasteiger partial charge in [0.25, 0.3) is 5.78 Å². The fourth-order valence-electron chi connectivity index (χ4n) is 5.60. The molecular formula is C37H28N4O4S2. The van der Waals surface area contributed by atoms with E-state index in [1.54, 1.807) is 48.8 Å². The fraction of sp³-hybridized carbons (Fsp3) is 0.108. The van der Waals surface area contributed by atoms with Crippen LogP contribution >= 0.6 is 23.1 Å². The van der Waals surface area contributed by atoms with Crippen molar-refractivity contribution in [2.75, 3.05) is 4.90 Å². The minimum Gasteiger partial charge on any atom is -0.507 e. The molecule has 1 N–H and O–H groups in total. The largest absolute Gasteiger partial charge is 0.507 e. The van der Waals surface area contributed by atoms with Gasteiger partial charge in [0.2, 0.25) is 5.13 Å². The van der Waals surface area contributed by atoms with E-state index in [-0.39, 0.29) is 16.5 Å². The van der Waals surface area contributed by atoms with Gasteiger partial charge < -0.3 is 9.84 Å². The highest BCUT2D eigenvalue weighted by atomic mass is 32.2. The number of nitrogens with zero attached hydrogens (tertiary/aromatic N) is 4. The Hall–Kier alpha value is -5.32. The number of Topliss-reactive ketones (excluding diaryl/α,β-unsaturated/α-hetero) is 1. The molecule has 3 heterocycles. The van der Waals surface area contributed by atoms with Gasteiger partial charge in [-0.1, -0.05) is 89.8 Å². The summed E-state index contributed by atoms with van der Waals surface area (Å²) in [6.45, 7) is 2.43. The monoisotopic (exact) mass is 656 g/mol. The van der Waals surface area contributed by atoms with Crippen LogP contribution in [0.3, 0.4) is 0 Å². The number of thioether (sulfide) groups is 1. The van der Waals surface area contributed by atoms with Crippen LogP contribution in [-0.2, 0) is 21.9 Å². The van der Waals surface area contributed by atoms with Gasteiger partial charge in [-0.3, -0.25) is 19.5 Å². The normalized spacial score (nSPS) is 15.8. The van der Waals surface area contributed by atoms with E-state index < -0.39 is 17.7 Å². The number of aliphatic hydroxyl groups is 1. The van der Waals surface area contributed by atoms with Gasteiger partial charge in [0.1, 0.15) is 18.1 Å². The number of ether oxygens (including phenoxy) is 1. The van der Waals surface area contributed by atoms with Crippen LogP contribution in [0.5, 0.6) is 5.75 Å². The third kappa shape index (κ3) is 6.13. The van der Waals surface area contributed by atoms with E-state index >= 15 is 0 Å². The second-order valence-electron chi connectivity index (χ2n) is 11.0. The zero-order valence-electron chi connectivity index (χ0n) is 25.2. The predicted molar refractivity (Wildman–Crippen MR) is 184 cm³/mol. The molecule has 0 radical (unpaired) electrons. The summed E-state index contributed by atoms with van der Waals surface area (Å²) >= 11 is 2.75. The van der Waals surface area contributed by atoms with Crippen molar-refractivity contribution in [2.45, 2.75) is 29.7 Å². The Kier molecular flexibility index (Phi) is 8.52. The molecular weight excluding hydrogens is 629 g/mol. The number of benzene rings is 4. The quantitative estimate of drug-likeness (QED) is 0.0551. The van der Waals surface area contributed by atoms with Crippen molar-refractivity contribution >= 4 is 56.5 Å². The first-order chi connectivity index (χ1) is 23.0. The zero-order valence-corrected chi connectivity index (χ0v) is 26.9. The topological polar surface area (TPSA) is 106 Å². The summed E-state index contributed by atoms with van der Waals surface area (Å²) in [4.78, 5) is 32.6. The van der Waals surface area contributed by atoms with Crippen LogP contribution in [0.4, 0.5) is 5.13 Å². The lowest BCUT2D eigenvalue weighted by Gasteiger charge is -2.22. The third-order valence-electron chi connectivity index (χ3n) is 8.08. The lowest BCUT2D eigenvalue weighted by atomic mass is 9.96. The number of carbonyl (C=O) groups excluding carboxylic acids is 2. The molecule has 1 saturated heterocycles. The molecule has 232 valence electrons. The Morgan fingerprint density at radius 1 is 0.872 bits per heavy atom. The number of anilines is 1. The summed E-state index contributed by atoms with van der Waals surface area (Å²) < 4.78 is 6.62. The Labute approximate surface area is 279 Å². The summed E-state index contributed by atoms with van der Waals surface area (Å²) in [5.41, 5.74) is 4.33. The van der Waals surface area contributed by atoms with Gasteiger partial charge in [-0.15, -0.1) is 10.2 Å². The standard InChI is InChI=1S/C37H28N4O4S2/c1-23-7-2-3-9-27(23)21-45-29-15-13-26(14-16-29)33(42)31-32(25-17-19-38-20-18-25)41(35(44)34(31)43)36-39-40-37(47-36)46-22-28-11-6-10-24-8-4-5-12-30(24)28/h2-20,32,42H,21-22H2,1H3/b33-31+. The summed E-state index contributed by atoms with van der Waals surface area (Å²) in [7, 11) is 0. The Bertz CT molecular complexity index is 2120. The van der Waals surface area contributed by atoms with Crippen molar-refractivity contribution in [3.05, 3.63) is 149 Å². The molecule has 0 spiro atoms. The summed E-state index contributed by atoms with van der Waals surface area (Å²) in [6.07, 6.45) is 3.17. The molecule has 6 aromatic rings. The highest BCUT2D eigenvalue weighted by molar-refractivity contribution is 8.00. The number of rotatable bonds is 9. The van der Waals surface area contributed by atoms with Gasteiger partial charge >= 0.3 is 5.91 Å². The molecule has 4 aromatic carbocycles. The van der Waals surface area contributed by atoms with Crippen molar-refractivity contribution in [1.29, 1.82) is 0 Å². The number of aliphatic hydroxyl groups excluding tert-OH is 1. The Balaban J connectivity index is 1.16. The second kappa shape index (κ2) is 13.2. The van der Waals surface area contributed by atoms with Crippen LogP contribution in [0.15, 0.2) is 125 Å². The van der Waals surface area contributed by atoms with Gasteiger partial charge in [0.05, 0.1) is 11.6 Å². The molecule has 1 unspecified atom stereocenters. The van der Waals surface area contributed by atoms with Crippen LogP contribution < -0.4 is 9.64 Å². The highest BCUT2D eigenvalue weighted by Crippen LogP contribution is 2.44. The smallest absolute Gasteiger partial charge is 0.301 e. The molecule has 1 atom stereocenters. The lowest BCUT2D eigenvalue weighted by Crippen LogP contribution is -2.29. The number of hydrogen-bond acceptors (Lipinski definition) is 9. The molecule has 1 aliphatic rings. The van der Waals surface area contributed by atoms with Crippen LogP contribution in [0, 0.1) is 6.92 Å². The van der Waals surface area contributed by atoms with E-state index in [0.29, 0.717) is 33.6 Å². The molecule has 1 amide bonds. The number of aryl methyl sites for hydroxylation is 1. The minimum absolute atomic E-state index is 0.0325. The van der Waals surface area contributed by atoms with Crippen LogP contribution in [0.25, 0.3) is 16.5 Å². The molecule has 0 saturated carbocycles. The molecule has 1 fully saturated rings. The number of ketones is 1. The minimum atomic E-state index is -0.918. The summed E-state index contributed by atoms with van der Waals surface area (Å²) in [5.74, 6) is -0.600. The average Bonchev–Trinajstić information content (AvgIpc) is 3.68. The van der Waals surface area contributed by atoms with Crippen molar-refractivity contribution in [2.24, 2.45) is 0 Å². The second-order valence-corrected chi connectivity index (χ2v) is 13.1. The summed E-state index contributed by atoms with van der Waals surface area (Å²) in [5, 5.41) is 22.8. The van der Waals surface area contributed by atoms with Crippen molar-refractivity contribution in [3.8, 4) is 5.75 Å². The summed E-state index contributed by atoms with van der Waals surface area (Å²) in [6, 6.07) is 31.7. The molecule has 10 heteroatoms. The number of amides is 1. The first-order valence-electron chi connectivity index (χ1n) is 14.9. The van der Waals surface area contributed by atoms with E-state index in [1.165, 1.54) is 33.4 Å². The number of carbonyl (C=O) groups is 2. The predicted octanol–water partition coefficient (Wildman–Crippen LogP) is 7.89. The number of aromatic nitrogens is 3. The van der Waals surface area contributed by atoms with E-state index in [4.69, 9.17) is 4.74 Å². The maximum atomic E-state index is 13.6. The molecule has 2 aromatic heterocycles.